The third kappa shape index (κ3) is 0.826. The molecular formula is C5H9N3O. The monoisotopic (exact) mass is 127 g/mol. The van der Waals surface area contributed by atoms with E-state index < -0.39 is 0 Å². The van der Waals surface area contributed by atoms with E-state index in [1.807, 2.05) is 6.92 Å². The van der Waals surface area contributed by atoms with E-state index in [2.05, 4.69) is 10.2 Å². The number of aromatic amines is 1. The van der Waals surface area contributed by atoms with E-state index in [0.29, 0.717) is 11.6 Å². The molecule has 1 rings (SSSR count). The van der Waals surface area contributed by atoms with Crippen molar-refractivity contribution in [1.29, 1.82) is 0 Å². The fourth-order valence-corrected chi connectivity index (χ4v) is 0.695. The van der Waals surface area contributed by atoms with Crippen LogP contribution in [0.2, 0.25) is 0 Å². The lowest BCUT2D eigenvalue weighted by Crippen LogP contribution is -1.89. The van der Waals surface area contributed by atoms with Crippen molar-refractivity contribution in [3.8, 4) is 5.75 Å². The van der Waals surface area contributed by atoms with Crippen LogP contribution < -0.4 is 10.5 Å². The lowest BCUT2D eigenvalue weighted by Gasteiger charge is -1.94. The molecule has 0 aliphatic rings. The maximum absolute atomic E-state index is 5.38. The van der Waals surface area contributed by atoms with Crippen LogP contribution in [0.4, 0.5) is 5.82 Å². The van der Waals surface area contributed by atoms with Crippen LogP contribution in [0.3, 0.4) is 0 Å². The molecule has 0 radical (unpaired) electrons. The molecule has 0 aliphatic carbocycles. The SMILES string of the molecule is COc1c(N)n[nH]c1C. The highest BCUT2D eigenvalue weighted by atomic mass is 16.5. The average Bonchev–Trinajstić information content (AvgIpc) is 2.12. The van der Waals surface area contributed by atoms with Crippen molar-refractivity contribution in [1.82, 2.24) is 10.2 Å². The Bertz CT molecular complexity index is 186. The molecule has 0 fully saturated rings. The Morgan fingerprint density at radius 2 is 2.33 bits per heavy atom. The van der Waals surface area contributed by atoms with Crippen LogP contribution in [-0.4, -0.2) is 17.3 Å². The van der Waals surface area contributed by atoms with E-state index in [-0.39, 0.29) is 0 Å². The molecule has 0 aromatic carbocycles. The van der Waals surface area contributed by atoms with Crippen molar-refractivity contribution in [3.63, 3.8) is 0 Å². The number of nitrogen functional groups attached to an aromatic ring is 1. The number of nitrogens with two attached hydrogens (primary N) is 1. The second-order valence-corrected chi connectivity index (χ2v) is 1.77. The van der Waals surface area contributed by atoms with Gasteiger partial charge < -0.3 is 10.5 Å². The van der Waals surface area contributed by atoms with Gasteiger partial charge in [0.05, 0.1) is 12.8 Å². The Balaban J connectivity index is 3.07. The van der Waals surface area contributed by atoms with Crippen LogP contribution >= 0.6 is 0 Å². The molecule has 0 saturated heterocycles. The number of rotatable bonds is 1. The van der Waals surface area contributed by atoms with Gasteiger partial charge in [-0.15, -0.1) is 0 Å². The molecule has 1 heterocycles. The van der Waals surface area contributed by atoms with Crippen LogP contribution in [0, 0.1) is 6.92 Å². The standard InChI is InChI=1S/C5H9N3O/c1-3-4(9-2)5(6)8-7-3/h1-2H3,(H3,6,7,8). The van der Waals surface area contributed by atoms with E-state index in [1.165, 1.54) is 0 Å². The van der Waals surface area contributed by atoms with Gasteiger partial charge in [-0.3, -0.25) is 5.10 Å². The average molecular weight is 127 g/mol. The minimum atomic E-state index is 0.412. The Labute approximate surface area is 53.0 Å². The lowest BCUT2D eigenvalue weighted by molar-refractivity contribution is 0.414. The minimum absolute atomic E-state index is 0.412. The summed E-state index contributed by atoms with van der Waals surface area (Å²) >= 11 is 0. The maximum Gasteiger partial charge on any atom is 0.188 e. The van der Waals surface area contributed by atoms with Gasteiger partial charge in [0.25, 0.3) is 0 Å². The highest BCUT2D eigenvalue weighted by Gasteiger charge is 2.04. The van der Waals surface area contributed by atoms with Crippen molar-refractivity contribution in [2.75, 3.05) is 12.8 Å². The molecule has 1 aromatic heterocycles. The number of H-pyrrole nitrogens is 1. The zero-order valence-corrected chi connectivity index (χ0v) is 5.43. The Morgan fingerprint density at radius 3 is 2.56 bits per heavy atom. The maximum atomic E-state index is 5.38. The molecule has 0 bridgehead atoms. The Hall–Kier alpha value is -1.19. The second kappa shape index (κ2) is 1.97. The molecule has 3 N–H and O–H groups in total. The van der Waals surface area contributed by atoms with Gasteiger partial charge in [0, 0.05) is 0 Å². The second-order valence-electron chi connectivity index (χ2n) is 1.77. The third-order valence-corrected chi connectivity index (χ3v) is 1.12. The fraction of sp³-hybridized carbons (Fsp3) is 0.400. The van der Waals surface area contributed by atoms with Gasteiger partial charge in [-0.1, -0.05) is 0 Å². The van der Waals surface area contributed by atoms with Gasteiger partial charge >= 0.3 is 0 Å². The summed E-state index contributed by atoms with van der Waals surface area (Å²) in [6.07, 6.45) is 0. The number of nitrogens with zero attached hydrogens (tertiary/aromatic N) is 1. The molecule has 0 aliphatic heterocycles. The zero-order chi connectivity index (χ0) is 6.85. The van der Waals surface area contributed by atoms with Gasteiger partial charge in [0.1, 0.15) is 0 Å². The molecule has 4 heteroatoms. The smallest absolute Gasteiger partial charge is 0.188 e. The summed E-state index contributed by atoms with van der Waals surface area (Å²) in [5, 5.41) is 6.40. The summed E-state index contributed by atoms with van der Waals surface area (Å²) in [4.78, 5) is 0. The number of aromatic nitrogens is 2. The zero-order valence-electron chi connectivity index (χ0n) is 5.43. The number of nitrogens with one attached hydrogen (secondary N) is 1. The number of hydrogen-bond acceptors (Lipinski definition) is 3. The van der Waals surface area contributed by atoms with E-state index in [0.717, 1.165) is 5.69 Å². The minimum Gasteiger partial charge on any atom is -0.491 e. The summed E-state index contributed by atoms with van der Waals surface area (Å²) in [5.41, 5.74) is 6.24. The number of ether oxygens (including phenoxy) is 1. The van der Waals surface area contributed by atoms with E-state index >= 15 is 0 Å². The van der Waals surface area contributed by atoms with Crippen LogP contribution in [-0.2, 0) is 0 Å². The highest BCUT2D eigenvalue weighted by molar-refractivity contribution is 5.47. The van der Waals surface area contributed by atoms with Crippen molar-refractivity contribution in [3.05, 3.63) is 5.69 Å². The summed E-state index contributed by atoms with van der Waals surface area (Å²) in [5.74, 6) is 1.05. The summed E-state index contributed by atoms with van der Waals surface area (Å²) in [7, 11) is 1.56. The number of methoxy groups -OCH3 is 1. The van der Waals surface area contributed by atoms with Crippen molar-refractivity contribution >= 4 is 5.82 Å². The lowest BCUT2D eigenvalue weighted by atomic mass is 10.4. The van der Waals surface area contributed by atoms with Crippen molar-refractivity contribution in [2.24, 2.45) is 0 Å². The van der Waals surface area contributed by atoms with Gasteiger partial charge in [-0.25, -0.2) is 0 Å². The van der Waals surface area contributed by atoms with Crippen LogP contribution in [0.5, 0.6) is 5.75 Å². The van der Waals surface area contributed by atoms with E-state index in [4.69, 9.17) is 10.5 Å². The van der Waals surface area contributed by atoms with Crippen LogP contribution in [0.25, 0.3) is 0 Å². The Kier molecular flexibility index (Phi) is 1.30. The first-order valence-corrected chi connectivity index (χ1v) is 2.60. The summed E-state index contributed by atoms with van der Waals surface area (Å²) in [6, 6.07) is 0. The van der Waals surface area contributed by atoms with E-state index in [1.54, 1.807) is 7.11 Å². The first-order valence-electron chi connectivity index (χ1n) is 2.60. The van der Waals surface area contributed by atoms with Crippen molar-refractivity contribution < 1.29 is 4.74 Å². The third-order valence-electron chi connectivity index (χ3n) is 1.12. The highest BCUT2D eigenvalue weighted by Crippen LogP contribution is 2.20. The first-order chi connectivity index (χ1) is 4.25. The molecule has 0 unspecified atom stereocenters. The van der Waals surface area contributed by atoms with Crippen LogP contribution in [0.1, 0.15) is 5.69 Å². The molecule has 0 spiro atoms. The predicted molar refractivity (Wildman–Crippen MR) is 34.3 cm³/mol. The van der Waals surface area contributed by atoms with Gasteiger partial charge in [0.2, 0.25) is 0 Å². The largest absolute Gasteiger partial charge is 0.491 e. The normalized spacial score (nSPS) is 9.56. The number of aryl methyl sites for hydroxylation is 1. The number of anilines is 1. The molecule has 4 nitrogen and oxygen atoms in total. The quantitative estimate of drug-likeness (QED) is 0.570. The fourth-order valence-electron chi connectivity index (χ4n) is 0.695. The first kappa shape index (κ1) is 5.94. The van der Waals surface area contributed by atoms with Gasteiger partial charge in [0.15, 0.2) is 11.6 Å². The molecule has 0 amide bonds. The van der Waals surface area contributed by atoms with Gasteiger partial charge in [-0.05, 0) is 6.92 Å². The molecule has 9 heavy (non-hydrogen) atoms. The van der Waals surface area contributed by atoms with Gasteiger partial charge in [-0.2, -0.15) is 5.10 Å². The Morgan fingerprint density at radius 1 is 1.67 bits per heavy atom. The van der Waals surface area contributed by atoms with E-state index in [9.17, 15) is 0 Å². The molecular weight excluding hydrogens is 118 g/mol. The van der Waals surface area contributed by atoms with Crippen molar-refractivity contribution in [2.45, 2.75) is 6.92 Å². The molecule has 0 atom stereocenters. The molecule has 0 saturated carbocycles. The summed E-state index contributed by atoms with van der Waals surface area (Å²) < 4.78 is 4.90. The van der Waals surface area contributed by atoms with Crippen LogP contribution in [0.15, 0.2) is 0 Å². The summed E-state index contributed by atoms with van der Waals surface area (Å²) in [6.45, 7) is 1.85. The molecule has 1 aromatic rings. The topological polar surface area (TPSA) is 63.9 Å². The number of hydrogen-bond donors (Lipinski definition) is 2. The predicted octanol–water partition coefficient (Wildman–Crippen LogP) is 0.309. The molecule has 50 valence electrons.